The highest BCUT2D eigenvalue weighted by molar-refractivity contribution is 5.49. The Balaban J connectivity index is 1.14. The van der Waals surface area contributed by atoms with Crippen LogP contribution in [0.1, 0.15) is 11.3 Å². The number of hydrogen-bond acceptors (Lipinski definition) is 7. The second kappa shape index (κ2) is 7.09. The van der Waals surface area contributed by atoms with E-state index in [-0.39, 0.29) is 0 Å². The lowest BCUT2D eigenvalue weighted by Crippen LogP contribution is -2.45. The Hall–Kier alpha value is -2.77. The van der Waals surface area contributed by atoms with E-state index >= 15 is 0 Å². The molecule has 4 heterocycles. The van der Waals surface area contributed by atoms with Crippen molar-refractivity contribution in [3.63, 3.8) is 0 Å². The summed E-state index contributed by atoms with van der Waals surface area (Å²) in [5.74, 6) is 3.08. The lowest BCUT2D eigenvalue weighted by atomic mass is 10.1. The quantitative estimate of drug-likeness (QED) is 0.687. The van der Waals surface area contributed by atoms with E-state index in [9.17, 15) is 0 Å². The van der Waals surface area contributed by atoms with Gasteiger partial charge in [0.25, 0.3) is 0 Å². The Morgan fingerprint density at radius 2 is 1.67 bits per heavy atom. The second-order valence-electron chi connectivity index (χ2n) is 6.90. The molecule has 0 aliphatic carbocycles. The van der Waals surface area contributed by atoms with Crippen LogP contribution in [0.5, 0.6) is 11.5 Å². The van der Waals surface area contributed by atoms with Crippen LogP contribution in [0.25, 0.3) is 11.5 Å². The number of ether oxygens (including phenoxy) is 2. The third-order valence-electron chi connectivity index (χ3n) is 5.02. The molecule has 2 aliphatic rings. The lowest BCUT2D eigenvalue weighted by Gasteiger charge is -2.34. The topological polar surface area (TPSA) is 64.1 Å². The Morgan fingerprint density at radius 3 is 2.48 bits per heavy atom. The van der Waals surface area contributed by atoms with Gasteiger partial charge < -0.3 is 18.4 Å². The smallest absolute Gasteiger partial charge is 0.231 e. The van der Waals surface area contributed by atoms with Crippen LogP contribution in [0.15, 0.2) is 51.6 Å². The van der Waals surface area contributed by atoms with Gasteiger partial charge in [0.1, 0.15) is 0 Å². The first-order valence-electron chi connectivity index (χ1n) is 9.16. The number of rotatable bonds is 5. The molecule has 2 aliphatic heterocycles. The van der Waals surface area contributed by atoms with E-state index in [2.05, 4.69) is 27.1 Å². The molecule has 2 aromatic heterocycles. The van der Waals surface area contributed by atoms with Crippen LogP contribution in [0, 0.1) is 0 Å². The average molecular weight is 367 g/mol. The highest BCUT2D eigenvalue weighted by Crippen LogP contribution is 2.32. The van der Waals surface area contributed by atoms with E-state index in [1.807, 2.05) is 24.3 Å². The number of aromatic nitrogens is 1. The summed E-state index contributed by atoms with van der Waals surface area (Å²) in [6.45, 7) is 6.11. The van der Waals surface area contributed by atoms with Crippen molar-refractivity contribution in [1.29, 1.82) is 0 Å². The van der Waals surface area contributed by atoms with Crippen molar-refractivity contribution in [2.45, 2.75) is 13.1 Å². The molecular formula is C20H21N3O4. The molecule has 0 amide bonds. The van der Waals surface area contributed by atoms with Gasteiger partial charge in [-0.3, -0.25) is 9.80 Å². The molecule has 0 atom stereocenters. The Kier molecular flexibility index (Phi) is 4.31. The molecule has 3 aromatic rings. The molecule has 0 unspecified atom stereocenters. The number of nitrogens with zero attached hydrogens (tertiary/aromatic N) is 3. The summed E-state index contributed by atoms with van der Waals surface area (Å²) in [4.78, 5) is 4.87. The van der Waals surface area contributed by atoms with Crippen LogP contribution in [-0.2, 0) is 13.1 Å². The molecule has 7 nitrogen and oxygen atoms in total. The molecule has 1 saturated heterocycles. The minimum absolute atomic E-state index is 0.321. The predicted octanol–water partition coefficient (Wildman–Crippen LogP) is 2.98. The summed E-state index contributed by atoms with van der Waals surface area (Å²) in [5.41, 5.74) is 2.19. The molecule has 27 heavy (non-hydrogen) atoms. The number of fused-ring (bicyclic) bond motifs is 1. The molecular weight excluding hydrogens is 346 g/mol. The van der Waals surface area contributed by atoms with Crippen LogP contribution >= 0.6 is 0 Å². The van der Waals surface area contributed by atoms with Gasteiger partial charge in [-0.05, 0) is 29.8 Å². The second-order valence-corrected chi connectivity index (χ2v) is 6.90. The van der Waals surface area contributed by atoms with Crippen molar-refractivity contribution in [2.75, 3.05) is 33.0 Å². The van der Waals surface area contributed by atoms with Gasteiger partial charge in [0, 0.05) is 45.3 Å². The number of hydrogen-bond donors (Lipinski definition) is 0. The summed E-state index contributed by atoms with van der Waals surface area (Å²) in [6.07, 6.45) is 1.64. The maximum atomic E-state index is 5.47. The molecule has 0 bridgehead atoms. The van der Waals surface area contributed by atoms with Gasteiger partial charge >= 0.3 is 0 Å². The predicted molar refractivity (Wildman–Crippen MR) is 97.3 cm³/mol. The van der Waals surface area contributed by atoms with Crippen molar-refractivity contribution in [3.05, 3.63) is 53.9 Å². The van der Waals surface area contributed by atoms with Gasteiger partial charge in [0.05, 0.1) is 12.0 Å². The van der Waals surface area contributed by atoms with Gasteiger partial charge in [0.2, 0.25) is 12.6 Å². The first-order chi connectivity index (χ1) is 13.3. The fourth-order valence-corrected chi connectivity index (χ4v) is 3.55. The van der Waals surface area contributed by atoms with E-state index in [0.29, 0.717) is 18.3 Å². The van der Waals surface area contributed by atoms with Gasteiger partial charge in [-0.1, -0.05) is 11.2 Å². The largest absolute Gasteiger partial charge is 0.461 e. The summed E-state index contributed by atoms with van der Waals surface area (Å²) >= 11 is 0. The molecule has 1 fully saturated rings. The Morgan fingerprint density at radius 1 is 0.852 bits per heavy atom. The van der Waals surface area contributed by atoms with Crippen molar-refractivity contribution >= 4 is 0 Å². The third-order valence-corrected chi connectivity index (χ3v) is 5.02. The number of piperazine rings is 1. The van der Waals surface area contributed by atoms with Crippen LogP contribution in [0.3, 0.4) is 0 Å². The molecule has 0 N–H and O–H groups in total. The Bertz CT molecular complexity index is 898. The molecule has 5 rings (SSSR count). The number of furan rings is 1. The van der Waals surface area contributed by atoms with Crippen molar-refractivity contribution < 1.29 is 18.4 Å². The van der Waals surface area contributed by atoms with Crippen LogP contribution < -0.4 is 9.47 Å². The van der Waals surface area contributed by atoms with E-state index in [4.69, 9.17) is 18.4 Å². The maximum Gasteiger partial charge on any atom is 0.231 e. The minimum Gasteiger partial charge on any atom is -0.461 e. The highest BCUT2D eigenvalue weighted by atomic mass is 16.7. The van der Waals surface area contributed by atoms with E-state index < -0.39 is 0 Å². The zero-order valence-corrected chi connectivity index (χ0v) is 15.0. The molecule has 140 valence electrons. The summed E-state index contributed by atoms with van der Waals surface area (Å²) in [7, 11) is 0. The van der Waals surface area contributed by atoms with E-state index in [0.717, 1.165) is 56.5 Å². The third kappa shape index (κ3) is 3.56. The van der Waals surface area contributed by atoms with Crippen molar-refractivity contribution in [3.8, 4) is 23.0 Å². The van der Waals surface area contributed by atoms with Gasteiger partial charge in [-0.15, -0.1) is 0 Å². The van der Waals surface area contributed by atoms with Gasteiger partial charge in [-0.2, -0.15) is 0 Å². The van der Waals surface area contributed by atoms with Crippen LogP contribution in [0.4, 0.5) is 0 Å². The maximum absolute atomic E-state index is 5.47. The van der Waals surface area contributed by atoms with Crippen LogP contribution in [-0.4, -0.2) is 47.9 Å². The average Bonchev–Trinajstić information content (AvgIpc) is 3.44. The van der Waals surface area contributed by atoms with E-state index in [1.165, 1.54) is 5.56 Å². The van der Waals surface area contributed by atoms with Gasteiger partial charge in [-0.25, -0.2) is 0 Å². The standard InChI is InChI=1S/C20H21N3O4/c1-2-17(24-9-1)20-11-16(21-27-20)13-23-7-5-22(6-8-23)12-15-3-4-18-19(10-15)26-14-25-18/h1-4,9-11H,5-8,12-14H2. The number of benzene rings is 1. The summed E-state index contributed by atoms with van der Waals surface area (Å²) in [6, 6.07) is 11.9. The zero-order chi connectivity index (χ0) is 18.1. The summed E-state index contributed by atoms with van der Waals surface area (Å²) < 4.78 is 21.6. The molecule has 7 heteroatoms. The highest BCUT2D eigenvalue weighted by Gasteiger charge is 2.20. The lowest BCUT2D eigenvalue weighted by molar-refractivity contribution is 0.120. The monoisotopic (exact) mass is 367 g/mol. The molecule has 0 spiro atoms. The molecule has 0 radical (unpaired) electrons. The minimum atomic E-state index is 0.321. The van der Waals surface area contributed by atoms with Crippen molar-refractivity contribution in [1.82, 2.24) is 15.0 Å². The fraction of sp³-hybridized carbons (Fsp3) is 0.350. The first kappa shape index (κ1) is 16.4. The van der Waals surface area contributed by atoms with Crippen LogP contribution in [0.2, 0.25) is 0 Å². The SMILES string of the molecule is c1coc(-c2cc(CN3CCN(Cc4ccc5c(c4)OCO5)CC3)no2)c1. The van der Waals surface area contributed by atoms with E-state index in [1.54, 1.807) is 6.26 Å². The molecule has 1 aromatic carbocycles. The first-order valence-corrected chi connectivity index (χ1v) is 9.16. The summed E-state index contributed by atoms with van der Waals surface area (Å²) in [5, 5.41) is 4.17. The fourth-order valence-electron chi connectivity index (χ4n) is 3.55. The Labute approximate surface area is 157 Å². The normalized spacial score (nSPS) is 17.5. The zero-order valence-electron chi connectivity index (χ0n) is 15.0. The van der Waals surface area contributed by atoms with Crippen molar-refractivity contribution in [2.24, 2.45) is 0 Å². The molecule has 0 saturated carbocycles. The van der Waals surface area contributed by atoms with Gasteiger partial charge in [0.15, 0.2) is 17.3 Å².